The zero-order valence-corrected chi connectivity index (χ0v) is 13.6. The van der Waals surface area contributed by atoms with Gasteiger partial charge in [-0.05, 0) is 36.2 Å². The number of rotatable bonds is 5. The maximum atomic E-state index is 12.1. The monoisotopic (exact) mass is 334 g/mol. The molecule has 122 valence electrons. The highest BCUT2D eigenvalue weighted by Crippen LogP contribution is 2.19. The van der Waals surface area contributed by atoms with E-state index in [1.54, 1.807) is 36.4 Å². The number of aryl methyl sites for hydroxylation is 1. The highest BCUT2D eigenvalue weighted by atomic mass is 32.2. The van der Waals surface area contributed by atoms with Gasteiger partial charge in [-0.3, -0.25) is 9.52 Å². The van der Waals surface area contributed by atoms with Crippen LogP contribution in [-0.2, 0) is 16.6 Å². The summed E-state index contributed by atoms with van der Waals surface area (Å²) in [7, 11) is -3.40. The molecule has 23 heavy (non-hydrogen) atoms. The molecular weight excluding hydrogens is 316 g/mol. The van der Waals surface area contributed by atoms with Gasteiger partial charge in [-0.25, -0.2) is 8.42 Å². The van der Waals surface area contributed by atoms with Gasteiger partial charge in [-0.1, -0.05) is 24.3 Å². The van der Waals surface area contributed by atoms with Gasteiger partial charge in [0.1, 0.15) is 5.75 Å². The number of amides is 1. The number of phenolic OH excluding ortho intramolecular Hbond substituents is 1. The van der Waals surface area contributed by atoms with Crippen LogP contribution in [0.3, 0.4) is 0 Å². The van der Waals surface area contributed by atoms with Crippen molar-refractivity contribution in [1.82, 2.24) is 5.32 Å². The van der Waals surface area contributed by atoms with Gasteiger partial charge in [0, 0.05) is 6.54 Å². The molecule has 0 bridgehead atoms. The van der Waals surface area contributed by atoms with Gasteiger partial charge < -0.3 is 10.4 Å². The van der Waals surface area contributed by atoms with Crippen LogP contribution >= 0.6 is 0 Å². The molecule has 2 rings (SSSR count). The Labute approximate surface area is 135 Å². The van der Waals surface area contributed by atoms with Crippen LogP contribution in [0.2, 0.25) is 0 Å². The molecule has 0 unspecified atom stereocenters. The Morgan fingerprint density at radius 3 is 2.52 bits per heavy atom. The minimum absolute atomic E-state index is 0.0925. The lowest BCUT2D eigenvalue weighted by molar-refractivity contribution is 0.0948. The average Bonchev–Trinajstić information content (AvgIpc) is 2.44. The Hall–Kier alpha value is -2.54. The van der Waals surface area contributed by atoms with Crippen LogP contribution in [0.1, 0.15) is 21.5 Å². The van der Waals surface area contributed by atoms with E-state index >= 15 is 0 Å². The van der Waals surface area contributed by atoms with Gasteiger partial charge in [0.05, 0.1) is 17.5 Å². The summed E-state index contributed by atoms with van der Waals surface area (Å²) >= 11 is 0. The number of nitrogens with one attached hydrogen (secondary N) is 2. The summed E-state index contributed by atoms with van der Waals surface area (Å²) in [5.74, 6) is -0.526. The molecule has 0 spiro atoms. The number of carbonyl (C=O) groups is 1. The zero-order chi connectivity index (χ0) is 17.0. The number of carbonyl (C=O) groups excluding carboxylic acids is 1. The van der Waals surface area contributed by atoms with Crippen molar-refractivity contribution in [3.63, 3.8) is 0 Å². The highest BCUT2D eigenvalue weighted by molar-refractivity contribution is 7.92. The van der Waals surface area contributed by atoms with Crippen LogP contribution in [0.15, 0.2) is 42.5 Å². The molecule has 0 atom stereocenters. The van der Waals surface area contributed by atoms with Crippen molar-refractivity contribution in [2.24, 2.45) is 0 Å². The van der Waals surface area contributed by atoms with Gasteiger partial charge in [0.25, 0.3) is 5.91 Å². The average molecular weight is 334 g/mol. The molecule has 0 fully saturated rings. The van der Waals surface area contributed by atoms with Gasteiger partial charge in [-0.15, -0.1) is 0 Å². The van der Waals surface area contributed by atoms with E-state index in [4.69, 9.17) is 0 Å². The molecule has 0 aliphatic rings. The molecule has 0 aliphatic carbocycles. The number of sulfonamides is 1. The third-order valence-electron chi connectivity index (χ3n) is 3.15. The molecule has 3 N–H and O–H groups in total. The molecule has 2 aromatic rings. The van der Waals surface area contributed by atoms with Crippen molar-refractivity contribution in [1.29, 1.82) is 0 Å². The third kappa shape index (κ3) is 4.72. The zero-order valence-electron chi connectivity index (χ0n) is 12.8. The van der Waals surface area contributed by atoms with Crippen LogP contribution in [0, 0.1) is 6.92 Å². The second-order valence-corrected chi connectivity index (χ2v) is 6.98. The predicted molar refractivity (Wildman–Crippen MR) is 88.9 cm³/mol. The van der Waals surface area contributed by atoms with Crippen molar-refractivity contribution in [3.8, 4) is 5.75 Å². The number of aromatic hydroxyl groups is 1. The van der Waals surface area contributed by atoms with Crippen molar-refractivity contribution < 1.29 is 18.3 Å². The number of phenols is 1. The Bertz CT molecular complexity index is 832. The molecule has 2 aromatic carbocycles. The van der Waals surface area contributed by atoms with E-state index in [9.17, 15) is 18.3 Å². The number of anilines is 1. The van der Waals surface area contributed by atoms with E-state index in [2.05, 4.69) is 10.0 Å². The fourth-order valence-corrected chi connectivity index (χ4v) is 2.68. The van der Waals surface area contributed by atoms with E-state index in [-0.39, 0.29) is 17.9 Å². The first-order valence-corrected chi connectivity index (χ1v) is 8.79. The third-order valence-corrected chi connectivity index (χ3v) is 3.74. The lowest BCUT2D eigenvalue weighted by Gasteiger charge is -2.12. The van der Waals surface area contributed by atoms with E-state index in [0.29, 0.717) is 11.3 Å². The van der Waals surface area contributed by atoms with Crippen LogP contribution in [0.4, 0.5) is 5.69 Å². The molecule has 1 amide bonds. The fraction of sp³-hybridized carbons (Fsp3) is 0.188. The highest BCUT2D eigenvalue weighted by Gasteiger charge is 2.12. The molecule has 0 radical (unpaired) electrons. The number of hydrogen-bond donors (Lipinski definition) is 3. The predicted octanol–water partition coefficient (Wildman–Crippen LogP) is 2.00. The Morgan fingerprint density at radius 2 is 1.87 bits per heavy atom. The van der Waals surface area contributed by atoms with Gasteiger partial charge >= 0.3 is 0 Å². The molecular formula is C16H18N2O4S. The normalized spacial score (nSPS) is 11.0. The summed E-state index contributed by atoms with van der Waals surface area (Å²) in [6.45, 7) is 1.94. The number of para-hydroxylation sites is 1. The van der Waals surface area contributed by atoms with E-state index in [0.717, 1.165) is 11.8 Å². The van der Waals surface area contributed by atoms with E-state index < -0.39 is 15.9 Å². The second-order valence-electron chi connectivity index (χ2n) is 5.23. The smallest absolute Gasteiger partial charge is 0.255 e. The first kappa shape index (κ1) is 16.8. The number of benzene rings is 2. The first-order chi connectivity index (χ1) is 10.8. The van der Waals surface area contributed by atoms with Crippen LogP contribution in [0.5, 0.6) is 5.75 Å². The van der Waals surface area contributed by atoms with Crippen molar-refractivity contribution >= 4 is 21.6 Å². The number of hydrogen-bond acceptors (Lipinski definition) is 4. The summed E-state index contributed by atoms with van der Waals surface area (Å²) < 4.78 is 25.1. The summed E-state index contributed by atoms with van der Waals surface area (Å²) in [5, 5.41) is 12.5. The molecule has 0 saturated carbocycles. The van der Waals surface area contributed by atoms with Crippen molar-refractivity contribution in [2.45, 2.75) is 13.5 Å². The SMILES string of the molecule is Cc1ccc(C(=O)NCc2ccccc2NS(C)(=O)=O)c(O)c1. The minimum Gasteiger partial charge on any atom is -0.507 e. The van der Waals surface area contributed by atoms with Crippen LogP contribution in [-0.4, -0.2) is 25.7 Å². The van der Waals surface area contributed by atoms with E-state index in [1.807, 2.05) is 6.92 Å². The summed E-state index contributed by atoms with van der Waals surface area (Å²) in [4.78, 5) is 12.1. The molecule has 0 aromatic heterocycles. The Balaban J connectivity index is 2.13. The van der Waals surface area contributed by atoms with E-state index in [1.165, 1.54) is 6.07 Å². The van der Waals surface area contributed by atoms with Gasteiger partial charge in [0.2, 0.25) is 10.0 Å². The molecule has 0 saturated heterocycles. The molecule has 6 nitrogen and oxygen atoms in total. The first-order valence-electron chi connectivity index (χ1n) is 6.90. The standard InChI is InChI=1S/C16H18N2O4S/c1-11-7-8-13(15(19)9-11)16(20)17-10-12-5-3-4-6-14(12)18-23(2,21)22/h3-9,18-19H,10H2,1-2H3,(H,17,20). The largest absolute Gasteiger partial charge is 0.507 e. The van der Waals surface area contributed by atoms with Crippen molar-refractivity contribution in [2.75, 3.05) is 11.0 Å². The minimum atomic E-state index is -3.40. The maximum absolute atomic E-state index is 12.1. The molecule has 0 aliphatic heterocycles. The van der Waals surface area contributed by atoms with Crippen LogP contribution < -0.4 is 10.0 Å². The lowest BCUT2D eigenvalue weighted by Crippen LogP contribution is -2.24. The topological polar surface area (TPSA) is 95.5 Å². The maximum Gasteiger partial charge on any atom is 0.255 e. The second kappa shape index (κ2) is 6.70. The van der Waals surface area contributed by atoms with Crippen LogP contribution in [0.25, 0.3) is 0 Å². The molecule has 0 heterocycles. The quantitative estimate of drug-likeness (QED) is 0.779. The fourth-order valence-electron chi connectivity index (χ4n) is 2.08. The van der Waals surface area contributed by atoms with Gasteiger partial charge in [-0.2, -0.15) is 0 Å². The Morgan fingerprint density at radius 1 is 1.17 bits per heavy atom. The van der Waals surface area contributed by atoms with Crippen molar-refractivity contribution in [3.05, 3.63) is 59.2 Å². The summed E-state index contributed by atoms with van der Waals surface area (Å²) in [6.07, 6.45) is 1.06. The summed E-state index contributed by atoms with van der Waals surface area (Å²) in [5.41, 5.74) is 2.05. The Kier molecular flexibility index (Phi) is 4.90. The lowest BCUT2D eigenvalue weighted by atomic mass is 10.1. The molecule has 7 heteroatoms. The summed E-state index contributed by atoms with van der Waals surface area (Å²) in [6, 6.07) is 11.6. The van der Waals surface area contributed by atoms with Gasteiger partial charge in [0.15, 0.2) is 0 Å².